The van der Waals surface area contributed by atoms with Gasteiger partial charge in [0.2, 0.25) is 0 Å². The lowest BCUT2D eigenvalue weighted by atomic mass is 9.97. The average molecular weight is 819 g/mol. The molecule has 0 aliphatic heterocycles. The quantitative estimate of drug-likeness (QED) is 0.161. The van der Waals surface area contributed by atoms with Crippen molar-refractivity contribution in [2.24, 2.45) is 0 Å². The minimum atomic E-state index is 0.850. The fraction of sp³-hybridized carbons (Fsp3) is 0. The molecule has 0 saturated heterocycles. The molecule has 0 aliphatic rings. The Morgan fingerprint density at radius 3 is 1.56 bits per heavy atom. The summed E-state index contributed by atoms with van der Waals surface area (Å²) in [6.45, 7) is 0. The maximum absolute atomic E-state index is 6.90. The first kappa shape index (κ1) is 36.1. The van der Waals surface area contributed by atoms with Crippen molar-refractivity contribution >= 4 is 82.7 Å². The van der Waals surface area contributed by atoms with Crippen LogP contribution in [0.5, 0.6) is 0 Å². The van der Waals surface area contributed by atoms with E-state index in [-0.39, 0.29) is 0 Å². The molecule has 3 aromatic heterocycles. The van der Waals surface area contributed by atoms with E-state index in [1.54, 1.807) is 0 Å². The molecule has 0 spiro atoms. The van der Waals surface area contributed by atoms with Crippen molar-refractivity contribution in [3.63, 3.8) is 0 Å². The fourth-order valence-corrected chi connectivity index (χ4v) is 9.89. The molecule has 0 N–H and O–H groups in total. The van der Waals surface area contributed by atoms with Crippen LogP contribution >= 0.6 is 0 Å². The Morgan fingerprint density at radius 2 is 0.828 bits per heavy atom. The normalized spacial score (nSPS) is 11.8. The van der Waals surface area contributed by atoms with Gasteiger partial charge in [0, 0.05) is 66.1 Å². The molecule has 10 aromatic carbocycles. The maximum Gasteiger partial charge on any atom is 0.143 e. The molecule has 0 fully saturated rings. The number of hydrogen-bond donors (Lipinski definition) is 0. The monoisotopic (exact) mass is 818 g/mol. The zero-order valence-corrected chi connectivity index (χ0v) is 34.7. The summed E-state index contributed by atoms with van der Waals surface area (Å²) >= 11 is 0. The maximum atomic E-state index is 6.90. The van der Waals surface area contributed by atoms with Gasteiger partial charge in [-0.25, -0.2) is 0 Å². The van der Waals surface area contributed by atoms with Crippen molar-refractivity contribution in [3.8, 4) is 39.1 Å². The summed E-state index contributed by atoms with van der Waals surface area (Å²) in [6, 6.07) is 82.1. The summed E-state index contributed by atoms with van der Waals surface area (Å²) in [4.78, 5) is 2.38. The predicted octanol–water partition coefficient (Wildman–Crippen LogP) is 17.1. The van der Waals surface area contributed by atoms with Crippen LogP contribution in [0.15, 0.2) is 239 Å². The molecule has 0 bridgehead atoms. The van der Waals surface area contributed by atoms with E-state index in [0.29, 0.717) is 0 Å². The molecule has 4 nitrogen and oxygen atoms in total. The predicted molar refractivity (Wildman–Crippen MR) is 266 cm³/mol. The van der Waals surface area contributed by atoms with Gasteiger partial charge in [-0.3, -0.25) is 0 Å². The van der Waals surface area contributed by atoms with Crippen LogP contribution < -0.4 is 4.90 Å². The highest BCUT2D eigenvalue weighted by molar-refractivity contribution is 6.14. The second kappa shape index (κ2) is 14.5. The lowest BCUT2D eigenvalue weighted by Gasteiger charge is -2.27. The van der Waals surface area contributed by atoms with E-state index < -0.39 is 0 Å². The zero-order valence-electron chi connectivity index (χ0n) is 34.7. The molecule has 4 heteroatoms. The summed E-state index contributed by atoms with van der Waals surface area (Å²) < 4.78 is 15.9. The number of para-hydroxylation sites is 6. The Labute approximate surface area is 369 Å². The first-order chi connectivity index (χ1) is 31.7. The van der Waals surface area contributed by atoms with Gasteiger partial charge in [0.1, 0.15) is 22.3 Å². The van der Waals surface area contributed by atoms with Gasteiger partial charge in [-0.05, 0) is 83.4 Å². The molecule has 13 rings (SSSR count). The van der Waals surface area contributed by atoms with E-state index in [2.05, 4.69) is 222 Å². The molecular weight excluding hydrogens is 781 g/mol. The van der Waals surface area contributed by atoms with Crippen molar-refractivity contribution in [1.29, 1.82) is 0 Å². The number of fused-ring (bicyclic) bond motifs is 9. The molecular formula is C60H38N2O2. The highest BCUT2D eigenvalue weighted by atomic mass is 16.3. The summed E-state index contributed by atoms with van der Waals surface area (Å²) in [6.07, 6.45) is 0. The topological polar surface area (TPSA) is 34.5 Å². The van der Waals surface area contributed by atoms with Gasteiger partial charge in [0.25, 0.3) is 0 Å². The highest BCUT2D eigenvalue weighted by Crippen LogP contribution is 2.47. The number of anilines is 3. The van der Waals surface area contributed by atoms with E-state index in [1.807, 2.05) is 18.2 Å². The Kier molecular flexibility index (Phi) is 8.18. The van der Waals surface area contributed by atoms with E-state index >= 15 is 0 Å². The van der Waals surface area contributed by atoms with E-state index in [9.17, 15) is 0 Å². The van der Waals surface area contributed by atoms with Crippen LogP contribution in [0.3, 0.4) is 0 Å². The Morgan fingerprint density at radius 1 is 0.297 bits per heavy atom. The van der Waals surface area contributed by atoms with Crippen LogP contribution in [0, 0.1) is 0 Å². The molecule has 3 heterocycles. The van der Waals surface area contributed by atoms with Crippen molar-refractivity contribution in [2.75, 3.05) is 4.90 Å². The Bertz CT molecular complexity index is 3860. The fourth-order valence-electron chi connectivity index (χ4n) is 9.89. The van der Waals surface area contributed by atoms with E-state index in [1.165, 1.54) is 16.3 Å². The van der Waals surface area contributed by atoms with Crippen LogP contribution in [0.4, 0.5) is 17.1 Å². The molecule has 13 aromatic rings. The van der Waals surface area contributed by atoms with Gasteiger partial charge in [0.15, 0.2) is 0 Å². The second-order valence-corrected chi connectivity index (χ2v) is 16.4. The van der Waals surface area contributed by atoms with Gasteiger partial charge in [-0.2, -0.15) is 0 Å². The third-order valence-corrected chi connectivity index (χ3v) is 12.8. The zero-order chi connectivity index (χ0) is 42.1. The van der Waals surface area contributed by atoms with E-state index in [0.717, 1.165) is 105 Å². The van der Waals surface area contributed by atoms with Crippen LogP contribution in [-0.2, 0) is 0 Å². The molecule has 0 radical (unpaired) electrons. The molecule has 0 saturated carbocycles. The van der Waals surface area contributed by atoms with Gasteiger partial charge in [-0.15, -0.1) is 0 Å². The summed E-state index contributed by atoms with van der Waals surface area (Å²) in [5, 5.41) is 6.78. The number of nitrogens with zero attached hydrogens (tertiary/aromatic N) is 2. The van der Waals surface area contributed by atoms with Crippen molar-refractivity contribution < 1.29 is 8.83 Å². The average Bonchev–Trinajstić information content (AvgIpc) is 4.04. The minimum Gasteiger partial charge on any atom is -0.455 e. The molecule has 0 amide bonds. The number of furan rings is 2. The molecule has 64 heavy (non-hydrogen) atoms. The SMILES string of the molecule is c1ccc(-c2ccc(N(c3cccc(-c4cccc5c4oc4ccccc45)c3)c3cc(-c4ccccc4-n4c5ccccc5c5ccccc54)c4oc5ccccc5c4c3)cc2)cc1. The van der Waals surface area contributed by atoms with Crippen molar-refractivity contribution in [1.82, 2.24) is 4.57 Å². The molecule has 0 atom stereocenters. The summed E-state index contributed by atoms with van der Waals surface area (Å²) in [5.41, 5.74) is 16.5. The van der Waals surface area contributed by atoms with Crippen molar-refractivity contribution in [3.05, 3.63) is 231 Å². The minimum absolute atomic E-state index is 0.850. The smallest absolute Gasteiger partial charge is 0.143 e. The van der Waals surface area contributed by atoms with Gasteiger partial charge in [0.05, 0.1) is 16.7 Å². The summed E-state index contributed by atoms with van der Waals surface area (Å²) in [7, 11) is 0. The van der Waals surface area contributed by atoms with Crippen molar-refractivity contribution in [2.45, 2.75) is 0 Å². The lowest BCUT2D eigenvalue weighted by Crippen LogP contribution is -2.10. The standard InChI is InChI=1S/C60H38N2O2/c1-2-16-39(17-3-1)40-32-34-42(35-33-40)61(43-19-14-18-41(36-43)45-25-15-26-51-49-23-7-12-30-57(49)63-59(45)51)44-37-52(60-53(38-44)50-24-8-13-31-58(50)64-60)48-22-6-11-29-56(48)62-54-27-9-4-20-46(54)47-21-5-10-28-55(47)62/h1-38H. The molecule has 0 unspecified atom stereocenters. The van der Waals surface area contributed by atoms with Crippen LogP contribution in [0.1, 0.15) is 0 Å². The number of hydrogen-bond acceptors (Lipinski definition) is 3. The van der Waals surface area contributed by atoms with Gasteiger partial charge >= 0.3 is 0 Å². The van der Waals surface area contributed by atoms with Gasteiger partial charge < -0.3 is 18.3 Å². The second-order valence-electron chi connectivity index (χ2n) is 16.4. The number of aromatic nitrogens is 1. The van der Waals surface area contributed by atoms with Crippen LogP contribution in [0.2, 0.25) is 0 Å². The van der Waals surface area contributed by atoms with Crippen LogP contribution in [0.25, 0.3) is 105 Å². The Hall–Kier alpha value is -8.60. The molecule has 0 aliphatic carbocycles. The third kappa shape index (κ3) is 5.70. The summed E-state index contributed by atoms with van der Waals surface area (Å²) in [5.74, 6) is 0. The lowest BCUT2D eigenvalue weighted by molar-refractivity contribution is 0.669. The first-order valence-corrected chi connectivity index (χ1v) is 21.7. The molecule has 300 valence electrons. The largest absolute Gasteiger partial charge is 0.455 e. The highest BCUT2D eigenvalue weighted by Gasteiger charge is 2.23. The van der Waals surface area contributed by atoms with E-state index in [4.69, 9.17) is 8.83 Å². The third-order valence-electron chi connectivity index (χ3n) is 12.8. The van der Waals surface area contributed by atoms with Crippen LogP contribution in [-0.4, -0.2) is 4.57 Å². The van der Waals surface area contributed by atoms with Gasteiger partial charge in [-0.1, -0.05) is 164 Å². The Balaban J connectivity index is 1.07. The number of rotatable bonds is 7. The first-order valence-electron chi connectivity index (χ1n) is 21.7. The number of benzene rings is 10.